The second-order valence-electron chi connectivity index (χ2n) is 3.81. The molecule has 1 aromatic carbocycles. The van der Waals surface area contributed by atoms with Crippen molar-refractivity contribution < 1.29 is 0 Å². The fourth-order valence-electron chi connectivity index (χ4n) is 1.34. The highest BCUT2D eigenvalue weighted by Gasteiger charge is 1.99. The Labute approximate surface area is 105 Å². The van der Waals surface area contributed by atoms with Gasteiger partial charge in [-0.25, -0.2) is 9.97 Å². The molecule has 0 saturated carbocycles. The number of aromatic nitrogens is 2. The molecule has 4 heteroatoms. The van der Waals surface area contributed by atoms with E-state index >= 15 is 0 Å². The maximum absolute atomic E-state index is 5.49. The molecule has 0 aliphatic carbocycles. The number of hydrogen-bond acceptors (Lipinski definition) is 4. The maximum Gasteiger partial charge on any atom is 0.138 e. The predicted molar refractivity (Wildman–Crippen MR) is 70.7 cm³/mol. The van der Waals surface area contributed by atoms with Crippen LogP contribution in [0.3, 0.4) is 0 Å². The fraction of sp³-hybridized carbons (Fsp3) is 0.231. The first kappa shape index (κ1) is 12.1. The molecule has 0 fully saturated rings. The van der Waals surface area contributed by atoms with E-state index in [1.54, 1.807) is 24.2 Å². The topological polar surface area (TPSA) is 51.8 Å². The number of nitrogens with zero attached hydrogens (tertiary/aromatic N) is 2. The molecule has 0 aliphatic heterocycles. The van der Waals surface area contributed by atoms with Crippen LogP contribution in [0.5, 0.6) is 0 Å². The SMILES string of the molecule is Cc1ccc(SCc2ncc(CN)cn2)cc1. The average molecular weight is 245 g/mol. The van der Waals surface area contributed by atoms with Crippen LogP contribution in [0.4, 0.5) is 0 Å². The molecular weight excluding hydrogens is 230 g/mol. The minimum Gasteiger partial charge on any atom is -0.326 e. The lowest BCUT2D eigenvalue weighted by atomic mass is 10.2. The van der Waals surface area contributed by atoms with Crippen molar-refractivity contribution in [3.05, 3.63) is 53.6 Å². The first-order valence-electron chi connectivity index (χ1n) is 5.47. The van der Waals surface area contributed by atoms with E-state index in [0.29, 0.717) is 6.54 Å². The third-order valence-electron chi connectivity index (χ3n) is 2.38. The third-order valence-corrected chi connectivity index (χ3v) is 3.39. The van der Waals surface area contributed by atoms with Crippen molar-refractivity contribution in [1.29, 1.82) is 0 Å². The standard InChI is InChI=1S/C13H15N3S/c1-10-2-4-12(5-3-10)17-9-13-15-7-11(6-14)8-16-13/h2-5,7-8H,6,9,14H2,1H3. The van der Waals surface area contributed by atoms with Gasteiger partial charge in [0, 0.05) is 29.4 Å². The van der Waals surface area contributed by atoms with Crippen molar-refractivity contribution in [2.24, 2.45) is 5.73 Å². The Hall–Kier alpha value is -1.39. The molecule has 0 unspecified atom stereocenters. The number of nitrogens with two attached hydrogens (primary N) is 1. The summed E-state index contributed by atoms with van der Waals surface area (Å²) in [4.78, 5) is 9.78. The Bertz CT molecular complexity index is 465. The van der Waals surface area contributed by atoms with E-state index in [0.717, 1.165) is 17.1 Å². The predicted octanol–water partition coefficient (Wildman–Crippen LogP) is 2.54. The van der Waals surface area contributed by atoms with Gasteiger partial charge in [-0.2, -0.15) is 0 Å². The maximum atomic E-state index is 5.49. The van der Waals surface area contributed by atoms with Gasteiger partial charge in [-0.3, -0.25) is 0 Å². The van der Waals surface area contributed by atoms with Crippen molar-refractivity contribution in [2.45, 2.75) is 24.1 Å². The molecule has 2 aromatic rings. The summed E-state index contributed by atoms with van der Waals surface area (Å²) in [7, 11) is 0. The van der Waals surface area contributed by atoms with E-state index in [2.05, 4.69) is 41.2 Å². The van der Waals surface area contributed by atoms with E-state index in [4.69, 9.17) is 5.73 Å². The highest BCUT2D eigenvalue weighted by Crippen LogP contribution is 2.21. The lowest BCUT2D eigenvalue weighted by Gasteiger charge is -2.02. The second kappa shape index (κ2) is 5.80. The summed E-state index contributed by atoms with van der Waals surface area (Å²) in [6.45, 7) is 2.58. The van der Waals surface area contributed by atoms with Crippen LogP contribution in [0.2, 0.25) is 0 Å². The van der Waals surface area contributed by atoms with Crippen LogP contribution < -0.4 is 5.73 Å². The molecule has 2 N–H and O–H groups in total. The smallest absolute Gasteiger partial charge is 0.138 e. The van der Waals surface area contributed by atoms with Crippen LogP contribution in [-0.2, 0) is 12.3 Å². The zero-order chi connectivity index (χ0) is 12.1. The van der Waals surface area contributed by atoms with Crippen LogP contribution >= 0.6 is 11.8 Å². The summed E-state index contributed by atoms with van der Waals surface area (Å²) >= 11 is 1.74. The van der Waals surface area contributed by atoms with E-state index in [9.17, 15) is 0 Å². The number of hydrogen-bond donors (Lipinski definition) is 1. The Morgan fingerprint density at radius 2 is 1.76 bits per heavy atom. The molecule has 0 bridgehead atoms. The Balaban J connectivity index is 1.95. The molecule has 3 nitrogen and oxygen atoms in total. The minimum atomic E-state index is 0.491. The van der Waals surface area contributed by atoms with E-state index in [1.165, 1.54) is 10.5 Å². The zero-order valence-corrected chi connectivity index (χ0v) is 10.6. The van der Waals surface area contributed by atoms with Gasteiger partial charge < -0.3 is 5.73 Å². The van der Waals surface area contributed by atoms with Crippen molar-refractivity contribution in [3.63, 3.8) is 0 Å². The molecule has 0 amide bonds. The van der Waals surface area contributed by atoms with Crippen LogP contribution in [0.25, 0.3) is 0 Å². The highest BCUT2D eigenvalue weighted by atomic mass is 32.2. The van der Waals surface area contributed by atoms with Crippen LogP contribution in [0.1, 0.15) is 17.0 Å². The van der Waals surface area contributed by atoms with E-state index < -0.39 is 0 Å². The lowest BCUT2D eigenvalue weighted by molar-refractivity contribution is 0.960. The van der Waals surface area contributed by atoms with Crippen molar-refractivity contribution in [1.82, 2.24) is 9.97 Å². The first-order chi connectivity index (χ1) is 8.28. The highest BCUT2D eigenvalue weighted by molar-refractivity contribution is 7.98. The molecular formula is C13H15N3S. The Morgan fingerprint density at radius 3 is 2.35 bits per heavy atom. The molecule has 1 heterocycles. The van der Waals surface area contributed by atoms with Gasteiger partial charge in [0.15, 0.2) is 0 Å². The Kier molecular flexibility index (Phi) is 4.12. The van der Waals surface area contributed by atoms with Crippen molar-refractivity contribution in [2.75, 3.05) is 0 Å². The van der Waals surface area contributed by atoms with Crippen molar-refractivity contribution in [3.8, 4) is 0 Å². The van der Waals surface area contributed by atoms with Gasteiger partial charge in [0.2, 0.25) is 0 Å². The van der Waals surface area contributed by atoms with Crippen LogP contribution in [0.15, 0.2) is 41.6 Å². The first-order valence-corrected chi connectivity index (χ1v) is 6.46. The van der Waals surface area contributed by atoms with Gasteiger partial charge in [-0.1, -0.05) is 17.7 Å². The van der Waals surface area contributed by atoms with Gasteiger partial charge in [-0.05, 0) is 19.1 Å². The molecule has 2 rings (SSSR count). The summed E-state index contributed by atoms with van der Waals surface area (Å²) in [6, 6.07) is 8.46. The zero-order valence-electron chi connectivity index (χ0n) is 9.76. The summed E-state index contributed by atoms with van der Waals surface area (Å²) < 4.78 is 0. The average Bonchev–Trinajstić information content (AvgIpc) is 2.39. The number of benzene rings is 1. The second-order valence-corrected chi connectivity index (χ2v) is 4.86. The van der Waals surface area contributed by atoms with E-state index in [1.807, 2.05) is 0 Å². The van der Waals surface area contributed by atoms with Gasteiger partial charge in [0.25, 0.3) is 0 Å². The minimum absolute atomic E-state index is 0.491. The van der Waals surface area contributed by atoms with Gasteiger partial charge >= 0.3 is 0 Å². The molecule has 0 aliphatic rings. The molecule has 0 saturated heterocycles. The molecule has 0 atom stereocenters. The number of thioether (sulfide) groups is 1. The molecule has 88 valence electrons. The Morgan fingerprint density at radius 1 is 1.12 bits per heavy atom. The largest absolute Gasteiger partial charge is 0.326 e. The summed E-state index contributed by atoms with van der Waals surface area (Å²) in [5.74, 6) is 1.63. The monoisotopic (exact) mass is 245 g/mol. The fourth-order valence-corrected chi connectivity index (χ4v) is 2.12. The van der Waals surface area contributed by atoms with Gasteiger partial charge in [0.05, 0.1) is 5.75 Å². The van der Waals surface area contributed by atoms with E-state index in [-0.39, 0.29) is 0 Å². The normalized spacial score (nSPS) is 10.5. The van der Waals surface area contributed by atoms with Crippen molar-refractivity contribution >= 4 is 11.8 Å². The lowest BCUT2D eigenvalue weighted by Crippen LogP contribution is -2.00. The van der Waals surface area contributed by atoms with Gasteiger partial charge in [-0.15, -0.1) is 11.8 Å². The van der Waals surface area contributed by atoms with Gasteiger partial charge in [0.1, 0.15) is 5.82 Å². The number of rotatable bonds is 4. The van der Waals surface area contributed by atoms with Crippen LogP contribution in [-0.4, -0.2) is 9.97 Å². The van der Waals surface area contributed by atoms with Crippen LogP contribution in [0, 0.1) is 6.92 Å². The molecule has 0 spiro atoms. The molecule has 17 heavy (non-hydrogen) atoms. The third kappa shape index (κ3) is 3.54. The molecule has 1 aromatic heterocycles. The summed E-state index contributed by atoms with van der Waals surface area (Å²) in [5, 5.41) is 0. The number of aryl methyl sites for hydroxylation is 1. The summed E-state index contributed by atoms with van der Waals surface area (Å²) in [6.07, 6.45) is 3.58. The quantitative estimate of drug-likeness (QED) is 0.841. The molecule has 0 radical (unpaired) electrons. The summed E-state index contributed by atoms with van der Waals surface area (Å²) in [5.41, 5.74) is 7.74.